The van der Waals surface area contributed by atoms with E-state index in [2.05, 4.69) is 23.7 Å². The summed E-state index contributed by atoms with van der Waals surface area (Å²) in [5, 5.41) is 19.4. The average molecular weight is 417 g/mol. The first-order valence-corrected chi connectivity index (χ1v) is 10.2. The summed E-state index contributed by atoms with van der Waals surface area (Å²) in [7, 11) is -1.65. The molecule has 0 fully saturated rings. The first kappa shape index (κ1) is 21.6. The molecule has 0 saturated heterocycles. The maximum absolute atomic E-state index is 9.56. The number of hydrogen-bond acceptors (Lipinski definition) is 6. The molecule has 0 aliphatic heterocycles. The van der Waals surface area contributed by atoms with Crippen molar-refractivity contribution in [2.75, 3.05) is 31.2 Å². The van der Waals surface area contributed by atoms with Crippen molar-refractivity contribution in [2.45, 2.75) is 27.3 Å². The molecule has 1 aromatic carbocycles. The lowest BCUT2D eigenvalue weighted by Crippen LogP contribution is -2.30. The molecule has 0 unspecified atom stereocenters. The minimum absolute atomic E-state index is 0.232. The van der Waals surface area contributed by atoms with Gasteiger partial charge in [0.2, 0.25) is 0 Å². The van der Waals surface area contributed by atoms with E-state index >= 15 is 0 Å². The average Bonchev–Trinajstić information content (AvgIpc) is 3.09. The summed E-state index contributed by atoms with van der Waals surface area (Å²) >= 11 is 6.43. The maximum atomic E-state index is 9.56. The molecule has 2 aromatic heterocycles. The molecular weight excluding hydrogens is 391 g/mol. The van der Waals surface area contributed by atoms with E-state index < -0.39 is 7.12 Å². The summed E-state index contributed by atoms with van der Waals surface area (Å²) in [6.07, 6.45) is 1.81. The Hall–Kier alpha value is -2.13. The molecule has 0 radical (unpaired) electrons. The van der Waals surface area contributed by atoms with Crippen LogP contribution in [0, 0.1) is 0 Å². The van der Waals surface area contributed by atoms with Crippen molar-refractivity contribution in [1.82, 2.24) is 14.5 Å². The predicted octanol–water partition coefficient (Wildman–Crippen LogP) is 2.31. The van der Waals surface area contributed by atoms with E-state index in [1.807, 2.05) is 29.8 Å². The van der Waals surface area contributed by atoms with Crippen LogP contribution in [0.25, 0.3) is 22.4 Å². The second-order valence-corrected chi connectivity index (χ2v) is 6.95. The van der Waals surface area contributed by atoms with E-state index in [9.17, 15) is 10.0 Å². The number of nitrogens with zero attached hydrogens (tertiary/aromatic N) is 4. The van der Waals surface area contributed by atoms with Crippen molar-refractivity contribution in [3.8, 4) is 11.4 Å². The van der Waals surface area contributed by atoms with Gasteiger partial charge in [0.05, 0.1) is 17.1 Å². The van der Waals surface area contributed by atoms with Gasteiger partial charge in [-0.15, -0.1) is 0 Å². The fraction of sp³-hybridized carbons (Fsp3) is 0.400. The smallest absolute Gasteiger partial charge is 0.423 e. The number of anilines is 1. The molecule has 0 bridgehead atoms. The molecule has 9 heteroatoms. The van der Waals surface area contributed by atoms with E-state index in [0.29, 0.717) is 31.1 Å². The van der Waals surface area contributed by atoms with Crippen LogP contribution < -0.4 is 10.4 Å². The Bertz CT molecular complexity index is 959. The molecular formula is C20H26BClN4O3. The van der Waals surface area contributed by atoms with Crippen LogP contribution in [0.5, 0.6) is 0 Å². The van der Waals surface area contributed by atoms with E-state index in [4.69, 9.17) is 21.3 Å². The highest BCUT2D eigenvalue weighted by Gasteiger charge is 2.22. The molecule has 0 aliphatic carbocycles. The van der Waals surface area contributed by atoms with Crippen molar-refractivity contribution in [3.63, 3.8) is 0 Å². The zero-order valence-corrected chi connectivity index (χ0v) is 17.7. The number of aromatic nitrogens is 3. The Morgan fingerprint density at radius 1 is 1.14 bits per heavy atom. The van der Waals surface area contributed by atoms with Gasteiger partial charge in [-0.25, -0.2) is 9.97 Å². The molecule has 2 N–H and O–H groups in total. The van der Waals surface area contributed by atoms with Crippen molar-refractivity contribution in [3.05, 3.63) is 35.5 Å². The summed E-state index contributed by atoms with van der Waals surface area (Å²) in [4.78, 5) is 11.5. The lowest BCUT2D eigenvalue weighted by Gasteiger charge is -2.19. The largest absolute Gasteiger partial charge is 0.490 e. The monoisotopic (exact) mass is 416 g/mol. The van der Waals surface area contributed by atoms with Crippen molar-refractivity contribution < 1.29 is 14.8 Å². The van der Waals surface area contributed by atoms with Crippen LogP contribution in [0.15, 0.2) is 30.5 Å². The lowest BCUT2D eigenvalue weighted by atomic mass is 9.80. The van der Waals surface area contributed by atoms with Gasteiger partial charge in [-0.3, -0.25) is 0 Å². The van der Waals surface area contributed by atoms with Gasteiger partial charge in [0.15, 0.2) is 0 Å². The Morgan fingerprint density at radius 3 is 2.48 bits per heavy atom. The van der Waals surface area contributed by atoms with E-state index in [1.165, 1.54) is 0 Å². The minimum Gasteiger partial charge on any atom is -0.423 e. The molecule has 3 aromatic rings. The second kappa shape index (κ2) is 9.58. The number of pyridine rings is 1. The number of halogens is 1. The van der Waals surface area contributed by atoms with Crippen molar-refractivity contribution in [2.24, 2.45) is 0 Å². The Morgan fingerprint density at radius 2 is 1.90 bits per heavy atom. The maximum Gasteiger partial charge on any atom is 0.490 e. The lowest BCUT2D eigenvalue weighted by molar-refractivity contribution is 0.140. The van der Waals surface area contributed by atoms with Gasteiger partial charge in [0, 0.05) is 43.5 Å². The van der Waals surface area contributed by atoms with Gasteiger partial charge in [-0.1, -0.05) is 17.7 Å². The number of fused-ring (bicyclic) bond motifs is 1. The highest BCUT2D eigenvalue weighted by Crippen LogP contribution is 2.29. The molecule has 154 valence electrons. The van der Waals surface area contributed by atoms with Gasteiger partial charge in [0.1, 0.15) is 17.2 Å². The van der Waals surface area contributed by atoms with Gasteiger partial charge >= 0.3 is 7.12 Å². The molecule has 0 amide bonds. The fourth-order valence-electron chi connectivity index (χ4n) is 3.37. The molecule has 0 saturated carbocycles. The van der Waals surface area contributed by atoms with Crippen LogP contribution in [-0.2, 0) is 11.3 Å². The first-order chi connectivity index (χ1) is 14.0. The highest BCUT2D eigenvalue weighted by molar-refractivity contribution is 6.63. The molecule has 3 rings (SSSR count). The number of rotatable bonds is 9. The third-order valence-electron chi connectivity index (χ3n) is 4.92. The van der Waals surface area contributed by atoms with Crippen molar-refractivity contribution in [1.29, 1.82) is 0 Å². The van der Waals surface area contributed by atoms with E-state index in [0.717, 1.165) is 30.0 Å². The Kier molecular flexibility index (Phi) is 7.13. The zero-order chi connectivity index (χ0) is 21.0. The number of ether oxygens (including phenoxy) is 1. The van der Waals surface area contributed by atoms with Crippen LogP contribution in [0.4, 0.5) is 5.82 Å². The third-order valence-corrected chi connectivity index (χ3v) is 5.32. The fourth-order valence-corrected chi connectivity index (χ4v) is 3.67. The number of imidazole rings is 1. The third kappa shape index (κ3) is 4.40. The summed E-state index contributed by atoms with van der Waals surface area (Å²) in [5.41, 5.74) is 2.42. The molecule has 2 heterocycles. The van der Waals surface area contributed by atoms with Crippen LogP contribution >= 0.6 is 11.6 Å². The minimum atomic E-state index is -1.65. The van der Waals surface area contributed by atoms with Gasteiger partial charge < -0.3 is 24.3 Å². The van der Waals surface area contributed by atoms with Gasteiger partial charge in [-0.2, -0.15) is 0 Å². The molecule has 29 heavy (non-hydrogen) atoms. The summed E-state index contributed by atoms with van der Waals surface area (Å²) in [5.74, 6) is 1.63. The van der Waals surface area contributed by atoms with Gasteiger partial charge in [-0.05, 0) is 39.0 Å². The normalized spacial score (nSPS) is 11.2. The second-order valence-electron chi connectivity index (χ2n) is 6.57. The van der Waals surface area contributed by atoms with E-state index in [-0.39, 0.29) is 10.5 Å². The molecule has 7 nitrogen and oxygen atoms in total. The molecule has 0 aliphatic rings. The van der Waals surface area contributed by atoms with Gasteiger partial charge in [0.25, 0.3) is 0 Å². The standard InChI is InChI=1S/C20H26BClN4O3/c1-4-25(5-2)17-10-7-14(13-23-17)20-24-19-16(26(20)11-12-29-6-3)9-8-15(18(19)22)21(27)28/h7-10,13,27-28H,4-6,11-12H2,1-3H3. The Balaban J connectivity index is 2.09. The summed E-state index contributed by atoms with van der Waals surface area (Å²) in [6, 6.07) is 7.39. The highest BCUT2D eigenvalue weighted by atomic mass is 35.5. The predicted molar refractivity (Wildman–Crippen MR) is 118 cm³/mol. The molecule has 0 atom stereocenters. The zero-order valence-electron chi connectivity index (χ0n) is 17.0. The number of benzene rings is 1. The van der Waals surface area contributed by atoms with Crippen LogP contribution in [-0.4, -0.2) is 58.0 Å². The van der Waals surface area contributed by atoms with Crippen LogP contribution in [0.2, 0.25) is 5.02 Å². The SMILES string of the molecule is CCOCCn1c(-c2ccc(N(CC)CC)nc2)nc2c(Cl)c(B(O)O)ccc21. The number of hydrogen-bond donors (Lipinski definition) is 2. The molecule has 0 spiro atoms. The van der Waals surface area contributed by atoms with Crippen molar-refractivity contribution >= 4 is 41.0 Å². The first-order valence-electron chi connectivity index (χ1n) is 9.85. The van der Waals surface area contributed by atoms with Crippen LogP contribution in [0.1, 0.15) is 20.8 Å². The quantitative estimate of drug-likeness (QED) is 0.411. The summed E-state index contributed by atoms with van der Waals surface area (Å²) in [6.45, 7) is 9.67. The topological polar surface area (TPSA) is 83.6 Å². The Labute approximate surface area is 176 Å². The van der Waals surface area contributed by atoms with Crippen LogP contribution in [0.3, 0.4) is 0 Å². The van der Waals surface area contributed by atoms with E-state index in [1.54, 1.807) is 12.1 Å². The summed E-state index contributed by atoms with van der Waals surface area (Å²) < 4.78 is 7.56.